The van der Waals surface area contributed by atoms with Crippen molar-refractivity contribution in [3.05, 3.63) is 97.9 Å². The van der Waals surface area contributed by atoms with Crippen LogP contribution in [0.2, 0.25) is 5.02 Å². The van der Waals surface area contributed by atoms with E-state index in [-0.39, 0.29) is 34.3 Å². The molecule has 1 N–H and O–H groups in total. The number of hydrogen-bond acceptors (Lipinski definition) is 8. The molecule has 1 saturated heterocycles. The molecular weight excluding hydrogens is 534 g/mol. The van der Waals surface area contributed by atoms with E-state index in [4.69, 9.17) is 21.1 Å². The lowest BCUT2D eigenvalue weighted by atomic mass is 10.1. The highest BCUT2D eigenvalue weighted by molar-refractivity contribution is 8.18. The first-order chi connectivity index (χ1) is 18.3. The molecule has 0 atom stereocenters. The van der Waals surface area contributed by atoms with Crippen LogP contribution >= 0.6 is 23.4 Å². The number of carbonyl (C=O) groups is 3. The van der Waals surface area contributed by atoms with E-state index in [0.29, 0.717) is 22.5 Å². The predicted molar refractivity (Wildman–Crippen MR) is 143 cm³/mol. The molecule has 3 amide bonds. The Labute approximate surface area is 226 Å². The molecule has 0 aliphatic carbocycles. The fourth-order valence-corrected chi connectivity index (χ4v) is 4.53. The van der Waals surface area contributed by atoms with Crippen molar-refractivity contribution in [1.29, 1.82) is 0 Å². The van der Waals surface area contributed by atoms with Gasteiger partial charge in [0, 0.05) is 0 Å². The van der Waals surface area contributed by atoms with Crippen molar-refractivity contribution in [3.63, 3.8) is 0 Å². The highest BCUT2D eigenvalue weighted by atomic mass is 35.5. The van der Waals surface area contributed by atoms with E-state index in [0.717, 1.165) is 10.5 Å². The number of amides is 3. The lowest BCUT2D eigenvalue weighted by molar-refractivity contribution is -0.385. The van der Waals surface area contributed by atoms with Gasteiger partial charge in [-0.2, -0.15) is 0 Å². The lowest BCUT2D eigenvalue weighted by Crippen LogP contribution is -2.36. The number of ether oxygens (including phenoxy) is 2. The minimum absolute atomic E-state index is 0.0323. The molecule has 1 aliphatic rings. The molecule has 0 spiro atoms. The standard InChI is InChI=1S/C26H20ClN3O7S/c1-36-21-11-17(20(30(34)35)13-22(21)37-15-16-7-3-2-4-8-16)12-23-25(32)29(26(33)38-23)14-24(31)28-19-10-6-5-9-18(19)27/h2-13H,14-15H2,1H3,(H,28,31)/b23-12+. The van der Waals surface area contributed by atoms with E-state index >= 15 is 0 Å². The van der Waals surface area contributed by atoms with Crippen molar-refractivity contribution in [2.45, 2.75) is 6.61 Å². The Balaban J connectivity index is 1.55. The third kappa shape index (κ3) is 6.13. The fraction of sp³-hybridized carbons (Fsp3) is 0.115. The highest BCUT2D eigenvalue weighted by Crippen LogP contribution is 2.39. The van der Waals surface area contributed by atoms with Gasteiger partial charge in [0.1, 0.15) is 13.2 Å². The maximum Gasteiger partial charge on any atom is 0.294 e. The first kappa shape index (κ1) is 26.7. The van der Waals surface area contributed by atoms with Crippen LogP contribution in [0.1, 0.15) is 11.1 Å². The van der Waals surface area contributed by atoms with Gasteiger partial charge < -0.3 is 14.8 Å². The molecule has 1 fully saturated rings. The molecule has 0 unspecified atom stereocenters. The molecule has 12 heteroatoms. The van der Waals surface area contributed by atoms with Crippen molar-refractivity contribution < 1.29 is 28.8 Å². The number of thioether (sulfide) groups is 1. The summed E-state index contributed by atoms with van der Waals surface area (Å²) in [7, 11) is 1.38. The molecule has 3 aromatic rings. The summed E-state index contributed by atoms with van der Waals surface area (Å²) in [6, 6.07) is 18.3. The molecule has 10 nitrogen and oxygen atoms in total. The Bertz CT molecular complexity index is 1450. The summed E-state index contributed by atoms with van der Waals surface area (Å²) >= 11 is 6.60. The van der Waals surface area contributed by atoms with Crippen LogP contribution in [-0.4, -0.2) is 40.5 Å². The number of rotatable bonds is 9. The number of nitro groups is 1. The Morgan fingerprint density at radius 2 is 1.82 bits per heavy atom. The molecule has 1 aliphatic heterocycles. The number of halogens is 1. The van der Waals surface area contributed by atoms with Crippen molar-refractivity contribution in [2.75, 3.05) is 19.0 Å². The molecule has 194 valence electrons. The van der Waals surface area contributed by atoms with E-state index in [1.807, 2.05) is 30.3 Å². The van der Waals surface area contributed by atoms with Crippen molar-refractivity contribution in [2.24, 2.45) is 0 Å². The molecule has 3 aromatic carbocycles. The Kier molecular flexibility index (Phi) is 8.29. The number of para-hydroxylation sites is 1. The monoisotopic (exact) mass is 553 g/mol. The van der Waals surface area contributed by atoms with Crippen LogP contribution in [0.25, 0.3) is 6.08 Å². The number of methoxy groups -OCH3 is 1. The number of nitrogens with one attached hydrogen (secondary N) is 1. The normalized spacial score (nSPS) is 14.1. The summed E-state index contributed by atoms with van der Waals surface area (Å²) < 4.78 is 11.1. The van der Waals surface area contributed by atoms with Gasteiger partial charge in [0.15, 0.2) is 11.5 Å². The lowest BCUT2D eigenvalue weighted by Gasteiger charge is -2.13. The predicted octanol–water partition coefficient (Wildman–Crippen LogP) is 5.51. The zero-order valence-electron chi connectivity index (χ0n) is 19.9. The average Bonchev–Trinajstić information content (AvgIpc) is 3.16. The molecule has 0 saturated carbocycles. The molecular formula is C26H20ClN3O7S. The molecule has 1 heterocycles. The van der Waals surface area contributed by atoms with Gasteiger partial charge in [-0.1, -0.05) is 54.1 Å². The maximum atomic E-state index is 12.9. The highest BCUT2D eigenvalue weighted by Gasteiger charge is 2.37. The van der Waals surface area contributed by atoms with E-state index in [1.165, 1.54) is 25.3 Å². The summed E-state index contributed by atoms with van der Waals surface area (Å²) in [5.41, 5.74) is 0.870. The average molecular weight is 554 g/mol. The van der Waals surface area contributed by atoms with Crippen molar-refractivity contribution >= 4 is 57.9 Å². The number of nitro benzene ring substituents is 1. The van der Waals surface area contributed by atoms with Gasteiger partial charge in [-0.25, -0.2) is 0 Å². The van der Waals surface area contributed by atoms with Crippen LogP contribution in [0.3, 0.4) is 0 Å². The van der Waals surface area contributed by atoms with Gasteiger partial charge in [0.05, 0.1) is 39.3 Å². The van der Waals surface area contributed by atoms with E-state index in [2.05, 4.69) is 5.32 Å². The van der Waals surface area contributed by atoms with Gasteiger partial charge >= 0.3 is 0 Å². The third-order valence-electron chi connectivity index (χ3n) is 5.36. The SMILES string of the molecule is COc1cc(/C=C2/SC(=O)N(CC(=O)Nc3ccccc3Cl)C2=O)c([N+](=O)[O-])cc1OCc1ccccc1. The van der Waals surface area contributed by atoms with E-state index < -0.39 is 28.5 Å². The second-order valence-corrected chi connectivity index (χ2v) is 9.29. The van der Waals surface area contributed by atoms with E-state index in [1.54, 1.807) is 24.3 Å². The zero-order valence-corrected chi connectivity index (χ0v) is 21.5. The first-order valence-corrected chi connectivity index (χ1v) is 12.3. The molecule has 4 rings (SSSR count). The quantitative estimate of drug-likeness (QED) is 0.209. The van der Waals surface area contributed by atoms with Crippen molar-refractivity contribution in [3.8, 4) is 11.5 Å². The Hall–Kier alpha value is -4.35. The summed E-state index contributed by atoms with van der Waals surface area (Å²) in [6.07, 6.45) is 1.22. The van der Waals surface area contributed by atoms with Gasteiger partial charge in [-0.05, 0) is 41.6 Å². The summed E-state index contributed by atoms with van der Waals surface area (Å²) in [5.74, 6) is -1.04. The van der Waals surface area contributed by atoms with Gasteiger partial charge in [0.25, 0.3) is 16.8 Å². The topological polar surface area (TPSA) is 128 Å². The van der Waals surface area contributed by atoms with Crippen LogP contribution in [0.5, 0.6) is 11.5 Å². The number of nitrogens with zero attached hydrogens (tertiary/aromatic N) is 2. The van der Waals surface area contributed by atoms with Crippen LogP contribution in [-0.2, 0) is 16.2 Å². The fourth-order valence-electron chi connectivity index (χ4n) is 3.52. The van der Waals surface area contributed by atoms with Crippen LogP contribution in [0, 0.1) is 10.1 Å². The van der Waals surface area contributed by atoms with Crippen LogP contribution in [0.15, 0.2) is 71.6 Å². The third-order valence-corrected chi connectivity index (χ3v) is 6.59. The number of carbonyl (C=O) groups excluding carboxylic acids is 3. The number of imide groups is 1. The smallest absolute Gasteiger partial charge is 0.294 e. The zero-order chi connectivity index (χ0) is 27.2. The molecule has 0 aromatic heterocycles. The number of hydrogen-bond donors (Lipinski definition) is 1. The number of anilines is 1. The number of benzene rings is 3. The molecule has 38 heavy (non-hydrogen) atoms. The summed E-state index contributed by atoms with van der Waals surface area (Å²) in [4.78, 5) is 49.7. The van der Waals surface area contributed by atoms with E-state index in [9.17, 15) is 24.5 Å². The van der Waals surface area contributed by atoms with Crippen LogP contribution < -0.4 is 14.8 Å². The van der Waals surface area contributed by atoms with Crippen LogP contribution in [0.4, 0.5) is 16.2 Å². The minimum atomic E-state index is -0.757. The molecule has 0 radical (unpaired) electrons. The first-order valence-electron chi connectivity index (χ1n) is 11.1. The van der Waals surface area contributed by atoms with Crippen molar-refractivity contribution in [1.82, 2.24) is 4.90 Å². The Morgan fingerprint density at radius 3 is 2.50 bits per heavy atom. The largest absolute Gasteiger partial charge is 0.493 e. The second kappa shape index (κ2) is 11.8. The molecule has 0 bridgehead atoms. The summed E-state index contributed by atoms with van der Waals surface area (Å²) in [6.45, 7) is -0.395. The van der Waals surface area contributed by atoms with Gasteiger partial charge in [-0.3, -0.25) is 29.4 Å². The summed E-state index contributed by atoms with van der Waals surface area (Å²) in [5, 5.41) is 14.0. The Morgan fingerprint density at radius 1 is 1.11 bits per heavy atom. The second-order valence-electron chi connectivity index (χ2n) is 7.89. The minimum Gasteiger partial charge on any atom is -0.493 e. The maximum absolute atomic E-state index is 12.9. The van der Waals surface area contributed by atoms with Gasteiger partial charge in [-0.15, -0.1) is 0 Å². The van der Waals surface area contributed by atoms with Gasteiger partial charge in [0.2, 0.25) is 5.91 Å².